The fourth-order valence-corrected chi connectivity index (χ4v) is 3.83. The molecule has 1 fully saturated rings. The lowest BCUT2D eigenvalue weighted by Gasteiger charge is -2.26. The van der Waals surface area contributed by atoms with Gasteiger partial charge in [-0.05, 0) is 32.0 Å². The highest BCUT2D eigenvalue weighted by molar-refractivity contribution is 7.89. The zero-order chi connectivity index (χ0) is 19.3. The maximum Gasteiger partial charge on any atom is 0.338 e. The summed E-state index contributed by atoms with van der Waals surface area (Å²) in [6.45, 7) is 3.63. The smallest absolute Gasteiger partial charge is 0.338 e. The van der Waals surface area contributed by atoms with Gasteiger partial charge in [0.1, 0.15) is 10.7 Å². The molecule has 1 heterocycles. The number of morpholine rings is 1. The van der Waals surface area contributed by atoms with E-state index in [4.69, 9.17) is 9.47 Å². The maximum absolute atomic E-state index is 14.1. The van der Waals surface area contributed by atoms with Gasteiger partial charge < -0.3 is 14.8 Å². The fraction of sp³-hybridized carbons (Fsp3) is 0.500. The highest BCUT2D eigenvalue weighted by atomic mass is 32.2. The number of hydrogen-bond acceptors (Lipinski definition) is 6. The number of esters is 1. The van der Waals surface area contributed by atoms with Gasteiger partial charge in [-0.1, -0.05) is 0 Å². The Morgan fingerprint density at radius 2 is 1.96 bits per heavy atom. The molecule has 0 saturated carbocycles. The van der Waals surface area contributed by atoms with Gasteiger partial charge in [-0.15, -0.1) is 0 Å². The number of sulfonamides is 1. The standard InChI is InChI=1S/C16H21FN2O6S/c1-11(2)18-15(20)10-25-16(21)12-3-4-13(17)14(9-12)26(22,23)19-5-7-24-8-6-19/h3-4,9,11H,5-8,10H2,1-2H3,(H,18,20). The summed E-state index contributed by atoms with van der Waals surface area (Å²) in [6.07, 6.45) is 0. The summed E-state index contributed by atoms with van der Waals surface area (Å²) in [4.78, 5) is 23.0. The molecule has 10 heteroatoms. The third-order valence-electron chi connectivity index (χ3n) is 3.54. The van der Waals surface area contributed by atoms with Crippen molar-refractivity contribution in [3.8, 4) is 0 Å². The third kappa shape index (κ3) is 4.99. The second-order valence-electron chi connectivity index (χ2n) is 5.96. The van der Waals surface area contributed by atoms with Gasteiger partial charge in [0.05, 0.1) is 18.8 Å². The third-order valence-corrected chi connectivity index (χ3v) is 5.45. The molecule has 0 radical (unpaired) electrons. The molecule has 0 atom stereocenters. The first-order valence-corrected chi connectivity index (χ1v) is 9.49. The first kappa shape index (κ1) is 20.3. The lowest BCUT2D eigenvalue weighted by molar-refractivity contribution is -0.124. The van der Waals surface area contributed by atoms with Crippen molar-refractivity contribution in [1.82, 2.24) is 9.62 Å². The van der Waals surface area contributed by atoms with Crippen LogP contribution < -0.4 is 5.32 Å². The molecule has 1 aromatic rings. The van der Waals surface area contributed by atoms with E-state index >= 15 is 0 Å². The quantitative estimate of drug-likeness (QED) is 0.713. The summed E-state index contributed by atoms with van der Waals surface area (Å²) in [7, 11) is -4.10. The molecule has 2 rings (SSSR count). The van der Waals surface area contributed by atoms with Crippen LogP contribution in [0.25, 0.3) is 0 Å². The molecule has 1 N–H and O–H groups in total. The molecule has 0 aromatic heterocycles. The van der Waals surface area contributed by atoms with E-state index in [1.165, 1.54) is 0 Å². The van der Waals surface area contributed by atoms with Crippen LogP contribution in [0.1, 0.15) is 24.2 Å². The molecule has 1 saturated heterocycles. The number of ether oxygens (including phenoxy) is 2. The van der Waals surface area contributed by atoms with Crippen molar-refractivity contribution in [1.29, 1.82) is 0 Å². The summed E-state index contributed by atoms with van der Waals surface area (Å²) in [6, 6.07) is 2.80. The maximum atomic E-state index is 14.1. The molecule has 0 bridgehead atoms. The Morgan fingerprint density at radius 1 is 1.31 bits per heavy atom. The SMILES string of the molecule is CC(C)NC(=O)COC(=O)c1ccc(F)c(S(=O)(=O)N2CCOCC2)c1. The van der Waals surface area contributed by atoms with E-state index in [1.807, 2.05) is 0 Å². The van der Waals surface area contributed by atoms with Crippen molar-refractivity contribution in [2.75, 3.05) is 32.9 Å². The number of halogens is 1. The number of hydrogen-bond donors (Lipinski definition) is 1. The Hall–Kier alpha value is -2.04. The fourth-order valence-electron chi connectivity index (χ4n) is 2.33. The van der Waals surface area contributed by atoms with Crippen LogP contribution in [0.3, 0.4) is 0 Å². The van der Waals surface area contributed by atoms with Crippen LogP contribution in [0.5, 0.6) is 0 Å². The molecule has 0 aliphatic carbocycles. The Morgan fingerprint density at radius 3 is 2.58 bits per heavy atom. The molecular formula is C16H21FN2O6S. The molecule has 1 aliphatic rings. The number of nitrogens with one attached hydrogen (secondary N) is 1. The van der Waals surface area contributed by atoms with Gasteiger partial charge in [0.15, 0.2) is 6.61 Å². The van der Waals surface area contributed by atoms with Crippen molar-refractivity contribution in [2.45, 2.75) is 24.8 Å². The Labute approximate surface area is 151 Å². The van der Waals surface area contributed by atoms with Crippen LogP contribution >= 0.6 is 0 Å². The van der Waals surface area contributed by atoms with E-state index in [0.717, 1.165) is 22.5 Å². The minimum Gasteiger partial charge on any atom is -0.452 e. The molecule has 0 unspecified atom stereocenters. The summed E-state index contributed by atoms with van der Waals surface area (Å²) in [5.41, 5.74) is -0.157. The number of carbonyl (C=O) groups is 2. The largest absolute Gasteiger partial charge is 0.452 e. The molecule has 0 spiro atoms. The second kappa shape index (κ2) is 8.56. The lowest BCUT2D eigenvalue weighted by Crippen LogP contribution is -2.41. The van der Waals surface area contributed by atoms with Crippen molar-refractivity contribution in [3.63, 3.8) is 0 Å². The number of benzene rings is 1. The van der Waals surface area contributed by atoms with E-state index in [2.05, 4.69) is 5.32 Å². The van der Waals surface area contributed by atoms with E-state index in [0.29, 0.717) is 0 Å². The van der Waals surface area contributed by atoms with Crippen LogP contribution in [0.15, 0.2) is 23.1 Å². The summed E-state index contributed by atoms with van der Waals surface area (Å²) >= 11 is 0. The van der Waals surface area contributed by atoms with E-state index in [9.17, 15) is 22.4 Å². The van der Waals surface area contributed by atoms with Gasteiger partial charge in [0.25, 0.3) is 5.91 Å². The summed E-state index contributed by atoms with van der Waals surface area (Å²) in [5.74, 6) is -2.37. The van der Waals surface area contributed by atoms with Crippen molar-refractivity contribution in [3.05, 3.63) is 29.6 Å². The van der Waals surface area contributed by atoms with E-state index in [1.54, 1.807) is 13.8 Å². The number of rotatable bonds is 6. The number of amides is 1. The Bertz CT molecular complexity index is 775. The van der Waals surface area contributed by atoms with E-state index < -0.39 is 39.2 Å². The van der Waals surface area contributed by atoms with Crippen LogP contribution in [-0.4, -0.2) is 63.6 Å². The molecule has 1 amide bonds. The van der Waals surface area contributed by atoms with Gasteiger partial charge >= 0.3 is 5.97 Å². The Kier molecular flexibility index (Phi) is 6.68. The predicted octanol–water partition coefficient (Wildman–Crippen LogP) is 0.528. The van der Waals surface area contributed by atoms with Crippen LogP contribution in [0.2, 0.25) is 0 Å². The molecule has 26 heavy (non-hydrogen) atoms. The molecule has 8 nitrogen and oxygen atoms in total. The van der Waals surface area contributed by atoms with Gasteiger partial charge in [0.2, 0.25) is 10.0 Å². The zero-order valence-electron chi connectivity index (χ0n) is 14.5. The molecule has 144 valence electrons. The molecule has 1 aromatic carbocycles. The van der Waals surface area contributed by atoms with Gasteiger partial charge in [0, 0.05) is 19.1 Å². The minimum atomic E-state index is -4.10. The van der Waals surface area contributed by atoms with Gasteiger partial charge in [-0.2, -0.15) is 4.31 Å². The Balaban J connectivity index is 2.16. The average Bonchev–Trinajstić information content (AvgIpc) is 2.60. The van der Waals surface area contributed by atoms with E-state index in [-0.39, 0.29) is 37.9 Å². The lowest BCUT2D eigenvalue weighted by atomic mass is 10.2. The van der Waals surface area contributed by atoms with Gasteiger partial charge in [-0.25, -0.2) is 17.6 Å². The van der Waals surface area contributed by atoms with Gasteiger partial charge in [-0.3, -0.25) is 4.79 Å². The van der Waals surface area contributed by atoms with Crippen molar-refractivity contribution < 1.29 is 31.9 Å². The predicted molar refractivity (Wildman–Crippen MR) is 89.5 cm³/mol. The van der Waals surface area contributed by atoms with Crippen molar-refractivity contribution >= 4 is 21.9 Å². The van der Waals surface area contributed by atoms with Crippen LogP contribution in [-0.2, 0) is 24.3 Å². The summed E-state index contributed by atoms with van der Waals surface area (Å²) in [5, 5.41) is 2.55. The zero-order valence-corrected chi connectivity index (χ0v) is 15.3. The summed E-state index contributed by atoms with van der Waals surface area (Å²) < 4.78 is 50.3. The number of carbonyl (C=O) groups excluding carboxylic acids is 2. The highest BCUT2D eigenvalue weighted by Crippen LogP contribution is 2.22. The van der Waals surface area contributed by atoms with Crippen LogP contribution in [0, 0.1) is 5.82 Å². The van der Waals surface area contributed by atoms with Crippen LogP contribution in [0.4, 0.5) is 4.39 Å². The highest BCUT2D eigenvalue weighted by Gasteiger charge is 2.30. The molecule has 1 aliphatic heterocycles. The normalized spacial score (nSPS) is 15.7. The van der Waals surface area contributed by atoms with Crippen molar-refractivity contribution in [2.24, 2.45) is 0 Å². The first-order valence-electron chi connectivity index (χ1n) is 8.05. The first-order chi connectivity index (χ1) is 12.2. The molecular weight excluding hydrogens is 367 g/mol. The minimum absolute atomic E-state index is 0.103. The number of nitrogens with zero attached hydrogens (tertiary/aromatic N) is 1. The average molecular weight is 388 g/mol. The topological polar surface area (TPSA) is 102 Å². The second-order valence-corrected chi connectivity index (χ2v) is 7.87. The monoisotopic (exact) mass is 388 g/mol.